The maximum absolute atomic E-state index is 5.44. The molecule has 6 heteroatoms. The Morgan fingerprint density at radius 2 is 1.71 bits per heavy atom. The van der Waals surface area contributed by atoms with Crippen LogP contribution in [0.4, 0.5) is 11.5 Å². The summed E-state index contributed by atoms with van der Waals surface area (Å²) in [5.41, 5.74) is 5.01. The van der Waals surface area contributed by atoms with Gasteiger partial charge in [0.1, 0.15) is 11.8 Å². The van der Waals surface area contributed by atoms with Crippen LogP contribution in [-0.2, 0) is 17.8 Å². The van der Waals surface area contributed by atoms with Gasteiger partial charge < -0.3 is 4.74 Å². The topological polar surface area (TPSA) is 41.5 Å². The third-order valence-corrected chi connectivity index (χ3v) is 5.75. The maximum Gasteiger partial charge on any atom is 0.168 e. The lowest BCUT2D eigenvalue weighted by atomic mass is 10.1. The number of benzene rings is 2. The summed E-state index contributed by atoms with van der Waals surface area (Å²) in [6.45, 7) is 4.36. The summed E-state index contributed by atoms with van der Waals surface area (Å²) in [7, 11) is 3.86. The molecule has 5 nitrogen and oxygen atoms in total. The summed E-state index contributed by atoms with van der Waals surface area (Å²) in [6, 6.07) is 15.3. The number of nitrogens with zero attached hydrogens (tertiary/aromatic N) is 4. The van der Waals surface area contributed by atoms with Crippen LogP contribution in [0.3, 0.4) is 0 Å². The highest BCUT2D eigenvalue weighted by atomic mass is 32.2. The molecule has 0 radical (unpaired) electrons. The van der Waals surface area contributed by atoms with E-state index in [2.05, 4.69) is 76.2 Å². The number of hydrogen-bond donors (Lipinski definition) is 0. The zero-order valence-electron chi connectivity index (χ0n) is 16.4. The number of anilines is 2. The van der Waals surface area contributed by atoms with Crippen molar-refractivity contribution in [3.63, 3.8) is 0 Å². The Morgan fingerprint density at radius 1 is 1.00 bits per heavy atom. The van der Waals surface area contributed by atoms with Crippen molar-refractivity contribution in [3.8, 4) is 0 Å². The quantitative estimate of drug-likeness (QED) is 0.610. The molecule has 0 atom stereocenters. The summed E-state index contributed by atoms with van der Waals surface area (Å²) in [5, 5.41) is 0.913. The molecule has 1 aromatic heterocycles. The molecular formula is C22H24N4OS. The largest absolute Gasteiger partial charge is 0.364 e. The number of rotatable bonds is 6. The molecule has 0 unspecified atom stereocenters. The minimum atomic E-state index is 0.446. The van der Waals surface area contributed by atoms with Gasteiger partial charge in [-0.3, -0.25) is 9.80 Å². The number of hydrogen-bond acceptors (Lipinski definition) is 6. The van der Waals surface area contributed by atoms with Gasteiger partial charge in [0.25, 0.3) is 0 Å². The van der Waals surface area contributed by atoms with E-state index in [0.29, 0.717) is 6.73 Å². The molecule has 28 heavy (non-hydrogen) atoms. The number of aromatic nitrogens is 2. The van der Waals surface area contributed by atoms with Crippen LogP contribution < -0.4 is 4.90 Å². The Bertz CT molecular complexity index is 961. The Labute approximate surface area is 170 Å². The van der Waals surface area contributed by atoms with Gasteiger partial charge in [0.15, 0.2) is 5.82 Å². The molecular weight excluding hydrogens is 368 g/mol. The molecule has 1 aliphatic rings. The van der Waals surface area contributed by atoms with E-state index in [4.69, 9.17) is 4.74 Å². The molecule has 0 bridgehead atoms. The van der Waals surface area contributed by atoms with E-state index in [9.17, 15) is 0 Å². The first-order valence-electron chi connectivity index (χ1n) is 9.26. The van der Waals surface area contributed by atoms with E-state index in [1.807, 2.05) is 0 Å². The molecule has 1 aliphatic heterocycles. The Balaban J connectivity index is 1.55. The van der Waals surface area contributed by atoms with Crippen LogP contribution in [0.5, 0.6) is 0 Å². The van der Waals surface area contributed by atoms with Crippen LogP contribution >= 0.6 is 11.8 Å². The van der Waals surface area contributed by atoms with Gasteiger partial charge in [0.05, 0.1) is 5.69 Å². The Hall–Kier alpha value is -2.41. The Kier molecular flexibility index (Phi) is 5.62. The lowest BCUT2D eigenvalue weighted by Gasteiger charge is -2.30. The molecule has 0 saturated carbocycles. The van der Waals surface area contributed by atoms with Crippen molar-refractivity contribution in [3.05, 3.63) is 71.5 Å². The first kappa shape index (κ1) is 18.9. The number of fused-ring (bicyclic) bond motifs is 2. The monoisotopic (exact) mass is 392 g/mol. The molecule has 0 N–H and O–H groups in total. The molecule has 144 valence electrons. The third-order valence-electron chi connectivity index (χ3n) is 4.71. The SMILES string of the molecule is COCN1c2cc(CN(C)Cc3ccc(C)cc3)ccc2Sc2nccnc21. The van der Waals surface area contributed by atoms with Crippen LogP contribution in [-0.4, -0.2) is 35.8 Å². The summed E-state index contributed by atoms with van der Waals surface area (Å²) in [6.07, 6.45) is 3.46. The first-order valence-corrected chi connectivity index (χ1v) is 10.1. The zero-order valence-corrected chi connectivity index (χ0v) is 17.2. The van der Waals surface area contributed by atoms with Crippen LogP contribution in [0.1, 0.15) is 16.7 Å². The second-order valence-corrected chi connectivity index (χ2v) is 8.12. The number of ether oxygens (including phenoxy) is 1. The van der Waals surface area contributed by atoms with E-state index in [1.165, 1.54) is 21.6 Å². The third kappa shape index (κ3) is 4.04. The standard InChI is InChI=1S/C22H24N4OS/c1-16-4-6-17(7-5-16)13-25(2)14-18-8-9-20-19(12-18)26(15-27-3)21-22(28-20)24-11-10-23-21/h4-12H,13-15H2,1-3H3. The molecule has 4 rings (SSSR count). The van der Waals surface area contributed by atoms with Crippen molar-refractivity contribution in [2.75, 3.05) is 25.8 Å². The normalized spacial score (nSPS) is 12.8. The van der Waals surface area contributed by atoms with E-state index < -0.39 is 0 Å². The molecule has 2 aromatic carbocycles. The van der Waals surface area contributed by atoms with E-state index in [1.54, 1.807) is 31.3 Å². The van der Waals surface area contributed by atoms with E-state index in [-0.39, 0.29) is 0 Å². The molecule has 0 saturated heterocycles. The summed E-state index contributed by atoms with van der Waals surface area (Å²) in [5.74, 6) is 0.854. The Morgan fingerprint density at radius 3 is 2.50 bits per heavy atom. The van der Waals surface area contributed by atoms with Gasteiger partial charge in [-0.2, -0.15) is 0 Å². The highest BCUT2D eigenvalue weighted by molar-refractivity contribution is 7.99. The fraction of sp³-hybridized carbons (Fsp3) is 0.273. The number of aryl methyl sites for hydroxylation is 1. The van der Waals surface area contributed by atoms with Crippen LogP contribution in [0.2, 0.25) is 0 Å². The molecule has 0 spiro atoms. The molecule has 0 fully saturated rings. The minimum absolute atomic E-state index is 0.446. The zero-order chi connectivity index (χ0) is 19.5. The van der Waals surface area contributed by atoms with Crippen molar-refractivity contribution >= 4 is 23.3 Å². The van der Waals surface area contributed by atoms with Crippen molar-refractivity contribution in [1.29, 1.82) is 0 Å². The van der Waals surface area contributed by atoms with Gasteiger partial charge in [-0.1, -0.05) is 47.7 Å². The smallest absolute Gasteiger partial charge is 0.168 e. The van der Waals surface area contributed by atoms with Gasteiger partial charge in [0.2, 0.25) is 0 Å². The molecule has 3 aromatic rings. The lowest BCUT2D eigenvalue weighted by molar-refractivity contribution is 0.204. The summed E-state index contributed by atoms with van der Waals surface area (Å²) < 4.78 is 5.44. The predicted octanol–water partition coefficient (Wildman–Crippen LogP) is 4.62. The van der Waals surface area contributed by atoms with Gasteiger partial charge in [-0.15, -0.1) is 0 Å². The fourth-order valence-electron chi connectivity index (χ4n) is 3.38. The van der Waals surface area contributed by atoms with E-state index in [0.717, 1.165) is 29.6 Å². The minimum Gasteiger partial charge on any atom is -0.364 e. The highest BCUT2D eigenvalue weighted by Crippen LogP contribution is 2.46. The van der Waals surface area contributed by atoms with Crippen LogP contribution in [0, 0.1) is 6.92 Å². The predicted molar refractivity (Wildman–Crippen MR) is 113 cm³/mol. The van der Waals surface area contributed by atoms with Crippen molar-refractivity contribution in [2.45, 2.75) is 29.9 Å². The van der Waals surface area contributed by atoms with Gasteiger partial charge in [-0.05, 0) is 37.2 Å². The highest BCUT2D eigenvalue weighted by Gasteiger charge is 2.25. The van der Waals surface area contributed by atoms with Crippen molar-refractivity contribution in [2.24, 2.45) is 0 Å². The van der Waals surface area contributed by atoms with Gasteiger partial charge >= 0.3 is 0 Å². The first-order chi connectivity index (χ1) is 13.6. The number of methoxy groups -OCH3 is 1. The maximum atomic E-state index is 5.44. The van der Waals surface area contributed by atoms with Gasteiger partial charge in [0, 0.05) is 37.5 Å². The average Bonchev–Trinajstić information content (AvgIpc) is 2.70. The average molecular weight is 393 g/mol. The van der Waals surface area contributed by atoms with Crippen molar-refractivity contribution in [1.82, 2.24) is 14.9 Å². The second kappa shape index (κ2) is 8.31. The van der Waals surface area contributed by atoms with E-state index >= 15 is 0 Å². The fourth-order valence-corrected chi connectivity index (χ4v) is 4.37. The van der Waals surface area contributed by atoms with Crippen molar-refractivity contribution < 1.29 is 4.74 Å². The summed E-state index contributed by atoms with van der Waals surface area (Å²) in [4.78, 5) is 14.6. The molecule has 0 amide bonds. The summed E-state index contributed by atoms with van der Waals surface area (Å²) >= 11 is 1.66. The molecule has 2 heterocycles. The second-order valence-electron chi connectivity index (χ2n) is 7.09. The van der Waals surface area contributed by atoms with Gasteiger partial charge in [-0.25, -0.2) is 9.97 Å². The van der Waals surface area contributed by atoms with Crippen LogP contribution in [0.25, 0.3) is 0 Å². The lowest BCUT2D eigenvalue weighted by Crippen LogP contribution is -2.25. The van der Waals surface area contributed by atoms with Crippen LogP contribution in [0.15, 0.2) is 64.8 Å². The molecule has 0 aliphatic carbocycles.